The van der Waals surface area contributed by atoms with Crippen molar-refractivity contribution in [2.24, 2.45) is 11.8 Å². The molecule has 2 amide bonds. The SMILES string of the molecule is O=C(C1CC=CCC1)N1CCN(C(=O)C2CC2)CC1. The van der Waals surface area contributed by atoms with E-state index >= 15 is 0 Å². The summed E-state index contributed by atoms with van der Waals surface area (Å²) in [7, 11) is 0. The molecule has 0 N–H and O–H groups in total. The molecule has 4 nitrogen and oxygen atoms in total. The Balaban J connectivity index is 1.50. The zero-order valence-electron chi connectivity index (χ0n) is 11.4. The topological polar surface area (TPSA) is 40.6 Å². The molecule has 1 atom stereocenters. The maximum absolute atomic E-state index is 12.4. The van der Waals surface area contributed by atoms with E-state index in [-0.39, 0.29) is 5.92 Å². The van der Waals surface area contributed by atoms with E-state index in [1.807, 2.05) is 9.80 Å². The highest BCUT2D eigenvalue weighted by atomic mass is 16.2. The number of allylic oxidation sites excluding steroid dienone is 2. The van der Waals surface area contributed by atoms with E-state index < -0.39 is 0 Å². The minimum atomic E-state index is 0.177. The Kier molecular flexibility index (Phi) is 3.58. The summed E-state index contributed by atoms with van der Waals surface area (Å²) in [5.41, 5.74) is 0. The molecule has 0 aromatic rings. The first-order chi connectivity index (χ1) is 9.25. The van der Waals surface area contributed by atoms with E-state index in [0.29, 0.717) is 17.7 Å². The van der Waals surface area contributed by atoms with Gasteiger partial charge in [0.25, 0.3) is 0 Å². The van der Waals surface area contributed by atoms with Gasteiger partial charge in [0.15, 0.2) is 0 Å². The first kappa shape index (κ1) is 12.7. The summed E-state index contributed by atoms with van der Waals surface area (Å²) < 4.78 is 0. The van der Waals surface area contributed by atoms with Crippen LogP contribution in [0.3, 0.4) is 0 Å². The third-order valence-electron chi connectivity index (χ3n) is 4.45. The van der Waals surface area contributed by atoms with E-state index in [1.165, 1.54) is 0 Å². The van der Waals surface area contributed by atoms with Crippen molar-refractivity contribution >= 4 is 11.8 Å². The van der Waals surface area contributed by atoms with Gasteiger partial charge in [-0.15, -0.1) is 0 Å². The van der Waals surface area contributed by atoms with Crippen LogP contribution in [0.4, 0.5) is 0 Å². The van der Waals surface area contributed by atoms with Gasteiger partial charge in [-0.1, -0.05) is 12.2 Å². The van der Waals surface area contributed by atoms with Crippen molar-refractivity contribution in [3.8, 4) is 0 Å². The van der Waals surface area contributed by atoms with Gasteiger partial charge in [0.05, 0.1) is 0 Å². The Morgan fingerprint density at radius 3 is 1.84 bits per heavy atom. The number of hydrogen-bond acceptors (Lipinski definition) is 2. The zero-order chi connectivity index (χ0) is 13.2. The van der Waals surface area contributed by atoms with Crippen LogP contribution in [0.15, 0.2) is 12.2 Å². The molecule has 0 bridgehead atoms. The summed E-state index contributed by atoms with van der Waals surface area (Å²) in [5.74, 6) is 1.08. The van der Waals surface area contributed by atoms with Crippen molar-refractivity contribution in [1.82, 2.24) is 9.80 Å². The summed E-state index contributed by atoms with van der Waals surface area (Å²) in [4.78, 5) is 28.2. The number of carbonyl (C=O) groups excluding carboxylic acids is 2. The molecular weight excluding hydrogens is 240 g/mol. The molecule has 4 heteroatoms. The predicted molar refractivity (Wildman–Crippen MR) is 72.4 cm³/mol. The third kappa shape index (κ3) is 2.82. The highest BCUT2D eigenvalue weighted by molar-refractivity contribution is 5.82. The molecule has 2 fully saturated rings. The van der Waals surface area contributed by atoms with E-state index in [0.717, 1.165) is 58.3 Å². The van der Waals surface area contributed by atoms with Gasteiger partial charge in [-0.3, -0.25) is 9.59 Å². The second kappa shape index (κ2) is 5.35. The maximum Gasteiger partial charge on any atom is 0.226 e. The van der Waals surface area contributed by atoms with Gasteiger partial charge in [-0.2, -0.15) is 0 Å². The maximum atomic E-state index is 12.4. The minimum absolute atomic E-state index is 0.177. The lowest BCUT2D eigenvalue weighted by Gasteiger charge is -2.36. The van der Waals surface area contributed by atoms with Gasteiger partial charge in [0.1, 0.15) is 0 Å². The van der Waals surface area contributed by atoms with Gasteiger partial charge >= 0.3 is 0 Å². The van der Waals surface area contributed by atoms with Crippen molar-refractivity contribution in [2.45, 2.75) is 32.1 Å². The lowest BCUT2D eigenvalue weighted by molar-refractivity contribution is -0.142. The van der Waals surface area contributed by atoms with Crippen molar-refractivity contribution in [3.05, 3.63) is 12.2 Å². The Labute approximate surface area is 114 Å². The molecule has 1 heterocycles. The summed E-state index contributed by atoms with van der Waals surface area (Å²) in [6.45, 7) is 2.89. The van der Waals surface area contributed by atoms with Crippen LogP contribution in [-0.2, 0) is 9.59 Å². The van der Waals surface area contributed by atoms with Gasteiger partial charge in [0, 0.05) is 38.0 Å². The molecule has 1 unspecified atom stereocenters. The molecule has 3 rings (SSSR count). The molecule has 19 heavy (non-hydrogen) atoms. The Morgan fingerprint density at radius 1 is 0.789 bits per heavy atom. The van der Waals surface area contributed by atoms with Crippen LogP contribution < -0.4 is 0 Å². The number of amides is 2. The van der Waals surface area contributed by atoms with Crippen LogP contribution in [0.25, 0.3) is 0 Å². The molecule has 0 radical (unpaired) electrons. The molecule has 1 aliphatic heterocycles. The van der Waals surface area contributed by atoms with Crippen LogP contribution in [0.5, 0.6) is 0 Å². The summed E-state index contributed by atoms with van der Waals surface area (Å²) in [5, 5.41) is 0. The second-order valence-corrected chi connectivity index (χ2v) is 5.91. The number of carbonyl (C=O) groups is 2. The average molecular weight is 262 g/mol. The summed E-state index contributed by atoms with van der Waals surface area (Å²) in [6, 6.07) is 0. The molecule has 104 valence electrons. The summed E-state index contributed by atoms with van der Waals surface area (Å²) in [6.07, 6.45) is 9.31. The first-order valence-electron chi connectivity index (χ1n) is 7.48. The Bertz CT molecular complexity index is 393. The van der Waals surface area contributed by atoms with Crippen molar-refractivity contribution in [1.29, 1.82) is 0 Å². The third-order valence-corrected chi connectivity index (χ3v) is 4.45. The number of rotatable bonds is 2. The molecular formula is C15H22N2O2. The van der Waals surface area contributed by atoms with Crippen LogP contribution in [0.1, 0.15) is 32.1 Å². The standard InChI is InChI=1S/C15H22N2O2/c18-14(12-4-2-1-3-5-12)16-8-10-17(11-9-16)15(19)13-6-7-13/h1-2,12-13H,3-11H2. The molecule has 0 aromatic carbocycles. The lowest BCUT2D eigenvalue weighted by atomic mass is 9.93. The van der Waals surface area contributed by atoms with Crippen molar-refractivity contribution in [3.63, 3.8) is 0 Å². The molecule has 3 aliphatic rings. The smallest absolute Gasteiger partial charge is 0.226 e. The van der Waals surface area contributed by atoms with Gasteiger partial charge in [0.2, 0.25) is 11.8 Å². The van der Waals surface area contributed by atoms with E-state index in [4.69, 9.17) is 0 Å². The van der Waals surface area contributed by atoms with Gasteiger partial charge in [-0.25, -0.2) is 0 Å². The fourth-order valence-corrected chi connectivity index (χ4v) is 3.01. The average Bonchev–Trinajstić information content (AvgIpc) is 3.31. The van der Waals surface area contributed by atoms with Crippen LogP contribution >= 0.6 is 0 Å². The fourth-order valence-electron chi connectivity index (χ4n) is 3.01. The molecule has 0 aromatic heterocycles. The first-order valence-corrected chi connectivity index (χ1v) is 7.48. The summed E-state index contributed by atoms with van der Waals surface area (Å²) >= 11 is 0. The number of nitrogens with zero attached hydrogens (tertiary/aromatic N) is 2. The van der Waals surface area contributed by atoms with Crippen LogP contribution in [-0.4, -0.2) is 47.8 Å². The minimum Gasteiger partial charge on any atom is -0.339 e. The Hall–Kier alpha value is -1.32. The molecule has 1 saturated heterocycles. The van der Waals surface area contributed by atoms with E-state index in [1.54, 1.807) is 0 Å². The highest BCUT2D eigenvalue weighted by Crippen LogP contribution is 2.31. The van der Waals surface area contributed by atoms with Crippen molar-refractivity contribution < 1.29 is 9.59 Å². The van der Waals surface area contributed by atoms with Gasteiger partial charge < -0.3 is 9.80 Å². The normalized spacial score (nSPS) is 27.5. The van der Waals surface area contributed by atoms with E-state index in [9.17, 15) is 9.59 Å². The zero-order valence-corrected chi connectivity index (χ0v) is 11.4. The Morgan fingerprint density at radius 2 is 1.37 bits per heavy atom. The van der Waals surface area contributed by atoms with Gasteiger partial charge in [-0.05, 0) is 32.1 Å². The number of piperazine rings is 1. The van der Waals surface area contributed by atoms with E-state index in [2.05, 4.69) is 12.2 Å². The molecule has 2 aliphatic carbocycles. The predicted octanol–water partition coefficient (Wildman–Crippen LogP) is 1.42. The fraction of sp³-hybridized carbons (Fsp3) is 0.733. The monoisotopic (exact) mass is 262 g/mol. The quantitative estimate of drug-likeness (QED) is 0.706. The van der Waals surface area contributed by atoms with Crippen LogP contribution in [0, 0.1) is 11.8 Å². The largest absolute Gasteiger partial charge is 0.339 e. The van der Waals surface area contributed by atoms with Crippen molar-refractivity contribution in [2.75, 3.05) is 26.2 Å². The number of hydrogen-bond donors (Lipinski definition) is 0. The highest BCUT2D eigenvalue weighted by Gasteiger charge is 2.35. The van der Waals surface area contributed by atoms with Crippen LogP contribution in [0.2, 0.25) is 0 Å². The second-order valence-electron chi connectivity index (χ2n) is 5.91. The molecule has 1 saturated carbocycles. The molecule has 0 spiro atoms. The lowest BCUT2D eigenvalue weighted by Crippen LogP contribution is -2.52.